The van der Waals surface area contributed by atoms with Gasteiger partial charge in [-0.15, -0.1) is 0 Å². The van der Waals surface area contributed by atoms with E-state index in [1.165, 1.54) is 0 Å². The van der Waals surface area contributed by atoms with Gasteiger partial charge in [-0.25, -0.2) is 9.18 Å². The van der Waals surface area contributed by atoms with E-state index < -0.39 is 23.9 Å². The van der Waals surface area contributed by atoms with Crippen LogP contribution in [0.25, 0.3) is 0 Å². The lowest BCUT2D eigenvalue weighted by atomic mass is 10.2. The van der Waals surface area contributed by atoms with Crippen LogP contribution < -0.4 is 5.32 Å². The van der Waals surface area contributed by atoms with Crippen LogP contribution in [-0.2, 0) is 9.47 Å². The first-order chi connectivity index (χ1) is 6.38. The summed E-state index contributed by atoms with van der Waals surface area (Å²) in [5.41, 5.74) is -0.560. The first-order valence-electron chi connectivity index (χ1n) is 4.60. The first kappa shape index (κ1) is 11.2. The number of alkyl carbamates (subject to hydrolysis) is 1. The molecule has 0 unspecified atom stereocenters. The predicted octanol–water partition coefficient (Wildman–Crippen LogP) is 1.25. The highest BCUT2D eigenvalue weighted by molar-refractivity contribution is 5.68. The van der Waals surface area contributed by atoms with E-state index in [-0.39, 0.29) is 13.2 Å². The number of amides is 1. The van der Waals surface area contributed by atoms with Crippen LogP contribution in [0.2, 0.25) is 0 Å². The normalized spacial score (nSPS) is 27.4. The Hall–Kier alpha value is -0.840. The van der Waals surface area contributed by atoms with Crippen molar-refractivity contribution in [1.29, 1.82) is 0 Å². The van der Waals surface area contributed by atoms with Crippen molar-refractivity contribution in [2.45, 2.75) is 38.6 Å². The summed E-state index contributed by atoms with van der Waals surface area (Å²) < 4.78 is 22.8. The van der Waals surface area contributed by atoms with Gasteiger partial charge in [-0.05, 0) is 20.8 Å². The lowest BCUT2D eigenvalue weighted by molar-refractivity contribution is 0.0485. The Morgan fingerprint density at radius 3 is 2.57 bits per heavy atom. The number of carbonyl (C=O) groups excluding carboxylic acids is 1. The second-order valence-electron chi connectivity index (χ2n) is 4.31. The van der Waals surface area contributed by atoms with Crippen LogP contribution >= 0.6 is 0 Å². The van der Waals surface area contributed by atoms with Gasteiger partial charge in [0.15, 0.2) is 0 Å². The molecule has 14 heavy (non-hydrogen) atoms. The van der Waals surface area contributed by atoms with Gasteiger partial charge in [-0.3, -0.25) is 0 Å². The molecular formula is C9H16FNO3. The Balaban J connectivity index is 2.33. The third-order valence-electron chi connectivity index (χ3n) is 1.71. The van der Waals surface area contributed by atoms with Gasteiger partial charge < -0.3 is 14.8 Å². The Kier molecular flexibility index (Phi) is 3.31. The third-order valence-corrected chi connectivity index (χ3v) is 1.71. The molecule has 0 saturated carbocycles. The maximum atomic E-state index is 13.0. The standard InChI is InChI=1S/C9H16FNO3/c1-9(2,3)14-8(12)11-7-5-13-4-6(7)10/h6-7H,4-5H2,1-3H3,(H,11,12)/t6-,7+/m0/s1. The molecule has 1 fully saturated rings. The van der Waals surface area contributed by atoms with Gasteiger partial charge in [0.25, 0.3) is 0 Å². The van der Waals surface area contributed by atoms with E-state index in [2.05, 4.69) is 5.32 Å². The molecule has 0 spiro atoms. The van der Waals surface area contributed by atoms with E-state index in [9.17, 15) is 9.18 Å². The molecule has 1 saturated heterocycles. The van der Waals surface area contributed by atoms with Crippen LogP contribution in [0, 0.1) is 0 Å². The lowest BCUT2D eigenvalue weighted by Crippen LogP contribution is -2.43. The molecule has 1 amide bonds. The minimum Gasteiger partial charge on any atom is -0.444 e. The SMILES string of the molecule is CC(C)(C)OC(=O)N[C@@H]1COC[C@@H]1F. The van der Waals surface area contributed by atoms with Crippen molar-refractivity contribution < 1.29 is 18.7 Å². The minimum absolute atomic E-state index is 0.0421. The fraction of sp³-hybridized carbons (Fsp3) is 0.889. The minimum atomic E-state index is -1.14. The topological polar surface area (TPSA) is 47.6 Å². The molecule has 0 aliphatic carbocycles. The van der Waals surface area contributed by atoms with Gasteiger partial charge in [-0.1, -0.05) is 0 Å². The van der Waals surface area contributed by atoms with Gasteiger partial charge >= 0.3 is 6.09 Å². The molecule has 4 nitrogen and oxygen atoms in total. The van der Waals surface area contributed by atoms with Crippen LogP contribution in [0.5, 0.6) is 0 Å². The molecule has 0 radical (unpaired) electrons. The molecule has 0 aromatic carbocycles. The van der Waals surface area contributed by atoms with Gasteiger partial charge in [-0.2, -0.15) is 0 Å². The number of hydrogen-bond donors (Lipinski definition) is 1. The van der Waals surface area contributed by atoms with E-state index >= 15 is 0 Å². The molecule has 0 aromatic heterocycles. The maximum Gasteiger partial charge on any atom is 0.408 e. The Morgan fingerprint density at radius 1 is 1.50 bits per heavy atom. The monoisotopic (exact) mass is 205 g/mol. The average molecular weight is 205 g/mol. The zero-order chi connectivity index (χ0) is 10.8. The second kappa shape index (κ2) is 4.13. The van der Waals surface area contributed by atoms with Gasteiger partial charge in [0, 0.05) is 0 Å². The van der Waals surface area contributed by atoms with E-state index in [0.717, 1.165) is 0 Å². The highest BCUT2D eigenvalue weighted by Gasteiger charge is 2.30. The van der Waals surface area contributed by atoms with Crippen molar-refractivity contribution in [3.8, 4) is 0 Å². The molecule has 1 aliphatic rings. The smallest absolute Gasteiger partial charge is 0.408 e. The van der Waals surface area contributed by atoms with Crippen LogP contribution in [0.1, 0.15) is 20.8 Å². The van der Waals surface area contributed by atoms with Crippen molar-refractivity contribution >= 4 is 6.09 Å². The summed E-state index contributed by atoms with van der Waals surface area (Å²) in [6, 6.07) is -0.579. The van der Waals surface area contributed by atoms with Crippen molar-refractivity contribution in [2.75, 3.05) is 13.2 Å². The summed E-state index contributed by atoms with van der Waals surface area (Å²) in [4.78, 5) is 11.2. The molecule has 0 bridgehead atoms. The van der Waals surface area contributed by atoms with Crippen LogP contribution in [0.15, 0.2) is 0 Å². The van der Waals surface area contributed by atoms with Crippen molar-refractivity contribution in [1.82, 2.24) is 5.32 Å². The predicted molar refractivity (Wildman–Crippen MR) is 48.9 cm³/mol. The maximum absolute atomic E-state index is 13.0. The highest BCUT2D eigenvalue weighted by Crippen LogP contribution is 2.11. The quantitative estimate of drug-likeness (QED) is 0.700. The fourth-order valence-corrected chi connectivity index (χ4v) is 1.12. The van der Waals surface area contributed by atoms with Gasteiger partial charge in [0.2, 0.25) is 0 Å². The largest absolute Gasteiger partial charge is 0.444 e. The van der Waals surface area contributed by atoms with Crippen LogP contribution in [0.4, 0.5) is 9.18 Å². The van der Waals surface area contributed by atoms with Crippen LogP contribution in [-0.4, -0.2) is 37.1 Å². The number of ether oxygens (including phenoxy) is 2. The van der Waals surface area contributed by atoms with Crippen molar-refractivity contribution in [3.63, 3.8) is 0 Å². The summed E-state index contributed by atoms with van der Waals surface area (Å²) in [7, 11) is 0. The van der Waals surface area contributed by atoms with Crippen molar-refractivity contribution in [2.24, 2.45) is 0 Å². The summed E-state index contributed by atoms with van der Waals surface area (Å²) in [6.45, 7) is 5.51. The van der Waals surface area contributed by atoms with E-state index in [0.29, 0.717) is 0 Å². The molecule has 1 heterocycles. The number of alkyl halides is 1. The zero-order valence-electron chi connectivity index (χ0n) is 8.67. The number of rotatable bonds is 1. The van der Waals surface area contributed by atoms with E-state index in [4.69, 9.17) is 9.47 Å². The Morgan fingerprint density at radius 2 is 2.14 bits per heavy atom. The summed E-state index contributed by atoms with van der Waals surface area (Å²) in [6.07, 6.45) is -1.74. The molecule has 1 rings (SSSR count). The third kappa shape index (κ3) is 3.49. The highest BCUT2D eigenvalue weighted by atomic mass is 19.1. The van der Waals surface area contributed by atoms with Gasteiger partial charge in [0.1, 0.15) is 11.8 Å². The Bertz CT molecular complexity index is 215. The molecule has 82 valence electrons. The molecule has 1 N–H and O–H groups in total. The number of nitrogens with one attached hydrogen (secondary N) is 1. The van der Waals surface area contributed by atoms with Crippen LogP contribution in [0.3, 0.4) is 0 Å². The summed E-state index contributed by atoms with van der Waals surface area (Å²) >= 11 is 0. The first-order valence-corrected chi connectivity index (χ1v) is 4.60. The summed E-state index contributed by atoms with van der Waals surface area (Å²) in [5, 5.41) is 2.42. The molecule has 2 atom stereocenters. The van der Waals surface area contributed by atoms with Gasteiger partial charge in [0.05, 0.1) is 19.3 Å². The number of halogens is 1. The second-order valence-corrected chi connectivity index (χ2v) is 4.31. The zero-order valence-corrected chi connectivity index (χ0v) is 8.67. The van der Waals surface area contributed by atoms with E-state index in [1.807, 2.05) is 0 Å². The molecular weight excluding hydrogens is 189 g/mol. The van der Waals surface area contributed by atoms with E-state index in [1.54, 1.807) is 20.8 Å². The van der Waals surface area contributed by atoms with Crippen molar-refractivity contribution in [3.05, 3.63) is 0 Å². The fourth-order valence-electron chi connectivity index (χ4n) is 1.12. The lowest BCUT2D eigenvalue weighted by Gasteiger charge is -2.21. The number of carbonyl (C=O) groups is 1. The molecule has 1 aliphatic heterocycles. The average Bonchev–Trinajstić information content (AvgIpc) is 2.32. The Labute approximate surface area is 82.8 Å². The molecule has 0 aromatic rings. The summed E-state index contributed by atoms with van der Waals surface area (Å²) in [5.74, 6) is 0. The molecule has 5 heteroatoms. The number of hydrogen-bond acceptors (Lipinski definition) is 3.